The quantitative estimate of drug-likeness (QED) is 0.890. The van der Waals surface area contributed by atoms with E-state index in [9.17, 15) is 9.00 Å². The van der Waals surface area contributed by atoms with Crippen LogP contribution in [0.2, 0.25) is 0 Å². The summed E-state index contributed by atoms with van der Waals surface area (Å²) >= 11 is 0. The molecule has 0 heterocycles. The molecule has 1 N–H and O–H groups in total. The molecule has 2 rings (SSSR count). The van der Waals surface area contributed by atoms with Gasteiger partial charge in [0.05, 0.1) is 7.11 Å². The zero-order chi connectivity index (χ0) is 15.9. The fourth-order valence-corrected chi connectivity index (χ4v) is 2.71. The average molecular weight is 317 g/mol. The standard InChI is InChI=1S/C17H19NO3S/c1-21-16-8-6-13(7-9-16)11-18-17(19)15-5-3-4-14(10-15)12-22(2)20/h3-10H,11-12H2,1-2H3,(H,18,19). The molecule has 0 aromatic heterocycles. The first kappa shape index (κ1) is 16.2. The Labute approximate surface area is 133 Å². The third-order valence-corrected chi connectivity index (χ3v) is 3.91. The molecule has 116 valence electrons. The molecule has 0 aliphatic heterocycles. The molecule has 0 saturated carbocycles. The summed E-state index contributed by atoms with van der Waals surface area (Å²) in [7, 11) is 0.700. The molecule has 5 heteroatoms. The predicted molar refractivity (Wildman–Crippen MR) is 88.4 cm³/mol. The van der Waals surface area contributed by atoms with Crippen molar-refractivity contribution in [1.82, 2.24) is 5.32 Å². The van der Waals surface area contributed by atoms with Crippen LogP contribution in [0.25, 0.3) is 0 Å². The molecule has 0 aliphatic rings. The van der Waals surface area contributed by atoms with Gasteiger partial charge in [-0.1, -0.05) is 24.3 Å². The smallest absolute Gasteiger partial charge is 0.251 e. The maximum atomic E-state index is 12.2. The molecule has 0 spiro atoms. The van der Waals surface area contributed by atoms with Crippen molar-refractivity contribution < 1.29 is 13.7 Å². The summed E-state index contributed by atoms with van der Waals surface area (Å²) in [5.41, 5.74) is 2.48. The summed E-state index contributed by atoms with van der Waals surface area (Å²) in [5, 5.41) is 2.88. The minimum Gasteiger partial charge on any atom is -0.497 e. The van der Waals surface area contributed by atoms with Gasteiger partial charge in [0.25, 0.3) is 5.91 Å². The lowest BCUT2D eigenvalue weighted by Crippen LogP contribution is -2.22. The molecular weight excluding hydrogens is 298 g/mol. The van der Waals surface area contributed by atoms with Gasteiger partial charge in [-0.2, -0.15) is 0 Å². The van der Waals surface area contributed by atoms with Gasteiger partial charge in [-0.25, -0.2) is 0 Å². The molecule has 2 aromatic rings. The van der Waals surface area contributed by atoms with Crippen molar-refractivity contribution in [3.8, 4) is 5.75 Å². The van der Waals surface area contributed by atoms with E-state index in [2.05, 4.69) is 5.32 Å². The van der Waals surface area contributed by atoms with Crippen molar-refractivity contribution in [3.63, 3.8) is 0 Å². The lowest BCUT2D eigenvalue weighted by Gasteiger charge is -2.07. The van der Waals surface area contributed by atoms with Gasteiger partial charge in [-0.3, -0.25) is 9.00 Å². The van der Waals surface area contributed by atoms with Crippen LogP contribution in [0.4, 0.5) is 0 Å². The molecule has 4 nitrogen and oxygen atoms in total. The molecule has 2 aromatic carbocycles. The van der Waals surface area contributed by atoms with Crippen LogP contribution in [0.1, 0.15) is 21.5 Å². The molecule has 0 fully saturated rings. The van der Waals surface area contributed by atoms with E-state index in [4.69, 9.17) is 4.74 Å². The van der Waals surface area contributed by atoms with E-state index in [0.29, 0.717) is 17.9 Å². The van der Waals surface area contributed by atoms with E-state index in [-0.39, 0.29) is 5.91 Å². The van der Waals surface area contributed by atoms with Crippen molar-refractivity contribution in [2.45, 2.75) is 12.3 Å². The first-order valence-electron chi connectivity index (χ1n) is 6.88. The van der Waals surface area contributed by atoms with E-state index < -0.39 is 10.8 Å². The maximum absolute atomic E-state index is 12.2. The third kappa shape index (κ3) is 4.70. The Bertz CT molecular complexity index is 668. The van der Waals surface area contributed by atoms with Crippen molar-refractivity contribution in [1.29, 1.82) is 0 Å². The Morgan fingerprint density at radius 3 is 2.50 bits per heavy atom. The number of ether oxygens (including phenoxy) is 1. The molecule has 22 heavy (non-hydrogen) atoms. The van der Waals surface area contributed by atoms with Gasteiger partial charge in [-0.05, 0) is 35.4 Å². The Morgan fingerprint density at radius 1 is 1.14 bits per heavy atom. The first-order valence-corrected chi connectivity index (χ1v) is 8.61. The van der Waals surface area contributed by atoms with Gasteiger partial charge in [0.15, 0.2) is 0 Å². The molecule has 1 unspecified atom stereocenters. The van der Waals surface area contributed by atoms with Crippen molar-refractivity contribution in [3.05, 3.63) is 65.2 Å². The molecule has 0 bridgehead atoms. The predicted octanol–water partition coefficient (Wildman–Crippen LogP) is 2.50. The van der Waals surface area contributed by atoms with Crippen molar-refractivity contribution >= 4 is 16.7 Å². The number of amides is 1. The Hall–Kier alpha value is -2.14. The summed E-state index contributed by atoms with van der Waals surface area (Å²) in [6.45, 7) is 0.451. The summed E-state index contributed by atoms with van der Waals surface area (Å²) in [6, 6.07) is 14.8. The highest BCUT2D eigenvalue weighted by Crippen LogP contribution is 2.12. The Morgan fingerprint density at radius 2 is 1.86 bits per heavy atom. The topological polar surface area (TPSA) is 55.4 Å². The average Bonchev–Trinajstić information content (AvgIpc) is 2.52. The fraction of sp³-hybridized carbons (Fsp3) is 0.235. The van der Waals surface area contributed by atoms with Gasteiger partial charge in [0, 0.05) is 34.9 Å². The highest BCUT2D eigenvalue weighted by atomic mass is 32.2. The number of hydrogen-bond donors (Lipinski definition) is 1. The van der Waals surface area contributed by atoms with Crippen molar-refractivity contribution in [2.75, 3.05) is 13.4 Å². The number of methoxy groups -OCH3 is 1. The van der Waals surface area contributed by atoms with Crippen molar-refractivity contribution in [2.24, 2.45) is 0 Å². The number of benzene rings is 2. The van der Waals surface area contributed by atoms with Gasteiger partial charge >= 0.3 is 0 Å². The van der Waals surface area contributed by atoms with E-state index in [1.54, 1.807) is 25.5 Å². The van der Waals surface area contributed by atoms with Crippen LogP contribution >= 0.6 is 0 Å². The second-order valence-electron chi connectivity index (χ2n) is 4.95. The third-order valence-electron chi connectivity index (χ3n) is 3.17. The van der Waals surface area contributed by atoms with Crippen LogP contribution in [0.3, 0.4) is 0 Å². The normalized spacial score (nSPS) is 11.7. The number of nitrogens with one attached hydrogen (secondary N) is 1. The van der Waals surface area contributed by atoms with Gasteiger partial charge < -0.3 is 10.1 Å². The highest BCUT2D eigenvalue weighted by Gasteiger charge is 2.07. The van der Waals surface area contributed by atoms with Crippen LogP contribution in [0.5, 0.6) is 5.75 Å². The lowest BCUT2D eigenvalue weighted by molar-refractivity contribution is 0.0951. The van der Waals surface area contributed by atoms with Crippen LogP contribution in [-0.2, 0) is 23.1 Å². The monoisotopic (exact) mass is 317 g/mol. The molecule has 0 radical (unpaired) electrons. The summed E-state index contributed by atoms with van der Waals surface area (Å²) < 4.78 is 16.4. The minimum absolute atomic E-state index is 0.139. The summed E-state index contributed by atoms with van der Waals surface area (Å²) in [4.78, 5) is 12.2. The van der Waals surface area contributed by atoms with E-state index in [0.717, 1.165) is 16.9 Å². The van der Waals surface area contributed by atoms with E-state index >= 15 is 0 Å². The molecule has 0 aliphatic carbocycles. The number of carbonyl (C=O) groups excluding carboxylic acids is 1. The number of hydrogen-bond acceptors (Lipinski definition) is 3. The number of rotatable bonds is 6. The first-order chi connectivity index (χ1) is 10.6. The second kappa shape index (κ2) is 7.75. The largest absolute Gasteiger partial charge is 0.497 e. The SMILES string of the molecule is COc1ccc(CNC(=O)c2cccc(CS(C)=O)c2)cc1. The fourth-order valence-electron chi connectivity index (χ4n) is 2.06. The molecular formula is C17H19NO3S. The Kier molecular flexibility index (Phi) is 5.72. The lowest BCUT2D eigenvalue weighted by atomic mass is 10.1. The zero-order valence-electron chi connectivity index (χ0n) is 12.7. The Balaban J connectivity index is 1.97. The molecule has 0 saturated heterocycles. The van der Waals surface area contributed by atoms with E-state index in [1.807, 2.05) is 36.4 Å². The second-order valence-corrected chi connectivity index (χ2v) is 6.38. The summed E-state index contributed by atoms with van der Waals surface area (Å²) in [5.74, 6) is 1.11. The molecule has 1 atom stereocenters. The van der Waals surface area contributed by atoms with Crippen LogP contribution in [0.15, 0.2) is 48.5 Å². The van der Waals surface area contributed by atoms with Gasteiger partial charge in [0.1, 0.15) is 5.75 Å². The van der Waals surface area contributed by atoms with Crippen LogP contribution in [-0.4, -0.2) is 23.5 Å². The summed E-state index contributed by atoms with van der Waals surface area (Å²) in [6.07, 6.45) is 1.65. The maximum Gasteiger partial charge on any atom is 0.251 e. The van der Waals surface area contributed by atoms with Gasteiger partial charge in [-0.15, -0.1) is 0 Å². The molecule has 1 amide bonds. The highest BCUT2D eigenvalue weighted by molar-refractivity contribution is 7.83. The zero-order valence-corrected chi connectivity index (χ0v) is 13.5. The minimum atomic E-state index is -0.918. The number of carbonyl (C=O) groups is 1. The van der Waals surface area contributed by atoms with Crippen LogP contribution in [0, 0.1) is 0 Å². The van der Waals surface area contributed by atoms with Gasteiger partial charge in [0.2, 0.25) is 0 Å². The van der Waals surface area contributed by atoms with Crippen LogP contribution < -0.4 is 10.1 Å². The van der Waals surface area contributed by atoms with E-state index in [1.165, 1.54) is 0 Å².